The van der Waals surface area contributed by atoms with Crippen LogP contribution < -0.4 is 0 Å². The lowest BCUT2D eigenvalue weighted by Crippen LogP contribution is -2.09. The van der Waals surface area contributed by atoms with E-state index in [9.17, 15) is 15.0 Å². The Labute approximate surface area is 74.9 Å². The number of carboxylic acids is 1. The number of aromatic nitrogens is 1. The minimum Gasteiger partial charge on any atom is -0.494 e. The minimum atomic E-state index is -0.972. The summed E-state index contributed by atoms with van der Waals surface area (Å²) in [5.74, 6) is -1.24. The summed E-state index contributed by atoms with van der Waals surface area (Å²) in [6.07, 6.45) is -0.143. The zero-order valence-corrected chi connectivity index (χ0v) is 7.14. The molecule has 0 unspecified atom stereocenters. The van der Waals surface area contributed by atoms with E-state index in [2.05, 4.69) is 0 Å². The Morgan fingerprint density at radius 1 is 1.46 bits per heavy atom. The Balaban J connectivity index is 2.87. The number of aromatic hydroxyl groups is 2. The maximum atomic E-state index is 10.4. The van der Waals surface area contributed by atoms with Crippen LogP contribution in [0.2, 0.25) is 0 Å². The molecule has 0 spiro atoms. The quantitative estimate of drug-likeness (QED) is 0.654. The van der Waals surface area contributed by atoms with Crippen molar-refractivity contribution >= 4 is 5.97 Å². The Hall–Kier alpha value is -1.65. The summed E-state index contributed by atoms with van der Waals surface area (Å²) < 4.78 is 1.16. The van der Waals surface area contributed by atoms with E-state index in [1.54, 1.807) is 6.92 Å². The van der Waals surface area contributed by atoms with E-state index in [-0.39, 0.29) is 18.2 Å². The van der Waals surface area contributed by atoms with Crippen molar-refractivity contribution in [3.05, 3.63) is 12.1 Å². The van der Waals surface area contributed by atoms with Crippen LogP contribution in [0.3, 0.4) is 0 Å². The van der Waals surface area contributed by atoms with Crippen LogP contribution >= 0.6 is 0 Å². The Morgan fingerprint density at radius 3 is 2.31 bits per heavy atom. The molecule has 0 aliphatic carbocycles. The molecule has 1 rings (SSSR count). The number of carbonyl (C=O) groups is 1. The summed E-state index contributed by atoms with van der Waals surface area (Å²) >= 11 is 0. The van der Waals surface area contributed by atoms with Gasteiger partial charge in [-0.25, -0.2) is 0 Å². The third kappa shape index (κ3) is 1.93. The molecule has 0 saturated heterocycles. The van der Waals surface area contributed by atoms with Crippen LogP contribution in [0.1, 0.15) is 19.4 Å². The highest BCUT2D eigenvalue weighted by atomic mass is 16.4. The highest BCUT2D eigenvalue weighted by molar-refractivity contribution is 5.67. The Kier molecular flexibility index (Phi) is 2.46. The Bertz CT molecular complexity index is 298. The fourth-order valence-corrected chi connectivity index (χ4v) is 1.22. The standard InChI is InChI=1S/C8H11NO4/c1-5(4-8(12)13)9-6(10)2-3-7(9)11/h2-3,5,10-11H,4H2,1H3,(H,12,13)/t5-/m1/s1. The molecule has 72 valence electrons. The van der Waals surface area contributed by atoms with Crippen LogP contribution in [-0.4, -0.2) is 25.9 Å². The summed E-state index contributed by atoms with van der Waals surface area (Å²) in [5, 5.41) is 26.9. The average Bonchev–Trinajstić information content (AvgIpc) is 2.29. The van der Waals surface area contributed by atoms with Gasteiger partial charge < -0.3 is 15.3 Å². The molecule has 0 aliphatic heterocycles. The molecule has 13 heavy (non-hydrogen) atoms. The van der Waals surface area contributed by atoms with Crippen LogP contribution in [0.4, 0.5) is 0 Å². The van der Waals surface area contributed by atoms with Crippen molar-refractivity contribution in [3.63, 3.8) is 0 Å². The van der Waals surface area contributed by atoms with Gasteiger partial charge in [0, 0.05) is 18.2 Å². The second-order valence-electron chi connectivity index (χ2n) is 2.87. The van der Waals surface area contributed by atoms with Gasteiger partial charge in [0.2, 0.25) is 0 Å². The second kappa shape index (κ2) is 3.38. The lowest BCUT2D eigenvalue weighted by Gasteiger charge is -2.13. The maximum Gasteiger partial charge on any atom is 0.305 e. The van der Waals surface area contributed by atoms with Gasteiger partial charge >= 0.3 is 5.97 Å². The van der Waals surface area contributed by atoms with Crippen LogP contribution in [0.15, 0.2) is 12.1 Å². The molecular formula is C8H11NO4. The zero-order valence-electron chi connectivity index (χ0n) is 7.14. The minimum absolute atomic E-state index is 0.133. The van der Waals surface area contributed by atoms with E-state index in [4.69, 9.17) is 5.11 Å². The maximum absolute atomic E-state index is 10.4. The fraction of sp³-hybridized carbons (Fsp3) is 0.375. The molecule has 5 nitrogen and oxygen atoms in total. The first kappa shape index (κ1) is 9.44. The molecule has 0 radical (unpaired) electrons. The van der Waals surface area contributed by atoms with Gasteiger partial charge in [0.15, 0.2) is 11.8 Å². The number of hydrogen-bond acceptors (Lipinski definition) is 3. The van der Waals surface area contributed by atoms with Gasteiger partial charge in [-0.3, -0.25) is 9.36 Å². The molecule has 0 fully saturated rings. The van der Waals surface area contributed by atoms with Crippen molar-refractivity contribution in [1.82, 2.24) is 4.57 Å². The molecule has 0 bridgehead atoms. The fourth-order valence-electron chi connectivity index (χ4n) is 1.22. The molecule has 0 amide bonds. The van der Waals surface area contributed by atoms with Crippen molar-refractivity contribution < 1.29 is 20.1 Å². The highest BCUT2D eigenvalue weighted by Gasteiger charge is 2.15. The van der Waals surface area contributed by atoms with Gasteiger partial charge in [-0.15, -0.1) is 0 Å². The van der Waals surface area contributed by atoms with Gasteiger partial charge in [-0.1, -0.05) is 0 Å². The van der Waals surface area contributed by atoms with Crippen molar-refractivity contribution in [2.24, 2.45) is 0 Å². The predicted octanol–water partition coefficient (Wildman–Crippen LogP) is 0.935. The number of carboxylic acid groups (broad SMARTS) is 1. The van der Waals surface area contributed by atoms with Crippen LogP contribution in [-0.2, 0) is 4.79 Å². The lowest BCUT2D eigenvalue weighted by molar-refractivity contribution is -0.137. The molecule has 0 saturated carbocycles. The van der Waals surface area contributed by atoms with Gasteiger partial charge in [0.25, 0.3) is 0 Å². The van der Waals surface area contributed by atoms with Gasteiger partial charge in [0.1, 0.15) is 0 Å². The molecule has 0 aliphatic rings. The molecule has 1 atom stereocenters. The van der Waals surface area contributed by atoms with Crippen molar-refractivity contribution in [2.45, 2.75) is 19.4 Å². The second-order valence-corrected chi connectivity index (χ2v) is 2.87. The van der Waals surface area contributed by atoms with Crippen molar-refractivity contribution in [2.75, 3.05) is 0 Å². The molecule has 3 N–H and O–H groups in total. The molecule has 5 heteroatoms. The first-order valence-corrected chi connectivity index (χ1v) is 3.83. The van der Waals surface area contributed by atoms with Gasteiger partial charge in [-0.05, 0) is 6.92 Å². The van der Waals surface area contributed by atoms with Crippen molar-refractivity contribution in [1.29, 1.82) is 0 Å². The predicted molar refractivity (Wildman–Crippen MR) is 44.7 cm³/mol. The molecular weight excluding hydrogens is 174 g/mol. The van der Waals surface area contributed by atoms with E-state index in [0.29, 0.717) is 0 Å². The third-order valence-corrected chi connectivity index (χ3v) is 1.79. The van der Waals surface area contributed by atoms with E-state index < -0.39 is 12.0 Å². The van der Waals surface area contributed by atoms with E-state index in [1.807, 2.05) is 0 Å². The number of nitrogens with zero attached hydrogens (tertiary/aromatic N) is 1. The Morgan fingerprint density at radius 2 is 1.92 bits per heavy atom. The topological polar surface area (TPSA) is 82.7 Å². The zero-order chi connectivity index (χ0) is 10.0. The smallest absolute Gasteiger partial charge is 0.305 e. The normalized spacial score (nSPS) is 12.7. The van der Waals surface area contributed by atoms with Crippen LogP contribution in [0.25, 0.3) is 0 Å². The largest absolute Gasteiger partial charge is 0.494 e. The van der Waals surface area contributed by atoms with E-state index >= 15 is 0 Å². The van der Waals surface area contributed by atoms with Gasteiger partial charge in [0.05, 0.1) is 6.42 Å². The number of hydrogen-bond donors (Lipinski definition) is 3. The monoisotopic (exact) mass is 185 g/mol. The first-order valence-electron chi connectivity index (χ1n) is 3.83. The summed E-state index contributed by atoms with van der Waals surface area (Å²) in [4.78, 5) is 10.4. The molecule has 1 aromatic rings. The average molecular weight is 185 g/mol. The molecule has 1 aromatic heterocycles. The van der Waals surface area contributed by atoms with E-state index in [1.165, 1.54) is 12.1 Å². The number of aliphatic carboxylic acids is 1. The van der Waals surface area contributed by atoms with Gasteiger partial charge in [-0.2, -0.15) is 0 Å². The molecule has 0 aromatic carbocycles. The summed E-state index contributed by atoms with van der Waals surface area (Å²) in [5.41, 5.74) is 0. The lowest BCUT2D eigenvalue weighted by atomic mass is 10.2. The highest BCUT2D eigenvalue weighted by Crippen LogP contribution is 2.27. The summed E-state index contributed by atoms with van der Waals surface area (Å²) in [6.45, 7) is 1.60. The van der Waals surface area contributed by atoms with E-state index in [0.717, 1.165) is 4.57 Å². The first-order chi connectivity index (χ1) is 6.02. The summed E-state index contributed by atoms with van der Waals surface area (Å²) in [6, 6.07) is 2.16. The SMILES string of the molecule is C[C@H](CC(=O)O)n1c(O)ccc1O. The molecule has 1 heterocycles. The third-order valence-electron chi connectivity index (χ3n) is 1.79. The van der Waals surface area contributed by atoms with Crippen LogP contribution in [0, 0.1) is 0 Å². The summed E-state index contributed by atoms with van der Waals surface area (Å²) in [7, 11) is 0. The van der Waals surface area contributed by atoms with Crippen molar-refractivity contribution in [3.8, 4) is 11.8 Å². The van der Waals surface area contributed by atoms with Crippen LogP contribution in [0.5, 0.6) is 11.8 Å². The number of rotatable bonds is 3.